The second-order valence-corrected chi connectivity index (χ2v) is 6.89. The van der Waals surface area contributed by atoms with Crippen LogP contribution in [0.4, 0.5) is 8.78 Å². The Morgan fingerprint density at radius 3 is 2.59 bits per heavy atom. The zero-order valence-corrected chi connectivity index (χ0v) is 15.9. The molecule has 1 heterocycles. The Labute approximate surface area is 170 Å². The molecule has 29 heavy (non-hydrogen) atoms. The van der Waals surface area contributed by atoms with Crippen molar-refractivity contribution in [2.45, 2.75) is 18.9 Å². The predicted molar refractivity (Wildman–Crippen MR) is 105 cm³/mol. The number of hydrogen-bond acceptors (Lipinski definition) is 4. The Hall–Kier alpha value is -3.03. The van der Waals surface area contributed by atoms with Gasteiger partial charge in [0.1, 0.15) is 0 Å². The number of nitrogens with zero attached hydrogens (tertiary/aromatic N) is 1. The van der Waals surface area contributed by atoms with Gasteiger partial charge in [0.25, 0.3) is 5.88 Å². The average molecular weight is 419 g/mol. The number of ether oxygens (including phenoxy) is 1. The second kappa shape index (κ2) is 8.98. The molecule has 0 fully saturated rings. The minimum Gasteiger partial charge on any atom is -0.481 e. The molecule has 5 nitrogen and oxygen atoms in total. The topological polar surface area (TPSA) is 85.4 Å². The van der Waals surface area contributed by atoms with Gasteiger partial charge in [-0.05, 0) is 41.3 Å². The molecule has 0 amide bonds. The quantitative estimate of drug-likeness (QED) is 0.574. The summed E-state index contributed by atoms with van der Waals surface area (Å²) in [5, 5.41) is 8.92. The molecular weight excluding hydrogens is 402 g/mol. The van der Waals surface area contributed by atoms with Crippen LogP contribution < -0.4 is 10.5 Å². The molecule has 3 rings (SSSR count). The third-order valence-electron chi connectivity index (χ3n) is 4.11. The van der Waals surface area contributed by atoms with Gasteiger partial charge in [-0.3, -0.25) is 4.79 Å². The van der Waals surface area contributed by atoms with E-state index in [0.717, 1.165) is 17.2 Å². The number of nitrogens with two attached hydrogens (primary N) is 1. The predicted octanol–water partition coefficient (Wildman–Crippen LogP) is 4.82. The van der Waals surface area contributed by atoms with Gasteiger partial charge in [0, 0.05) is 12.2 Å². The van der Waals surface area contributed by atoms with Gasteiger partial charge in [-0.2, -0.15) is 0 Å². The molecule has 0 bridgehead atoms. The number of halogens is 3. The van der Waals surface area contributed by atoms with Crippen LogP contribution in [0.5, 0.6) is 11.6 Å². The summed E-state index contributed by atoms with van der Waals surface area (Å²) in [7, 11) is 0. The van der Waals surface area contributed by atoms with Crippen molar-refractivity contribution in [3.8, 4) is 22.8 Å². The Morgan fingerprint density at radius 2 is 1.90 bits per heavy atom. The minimum atomic E-state index is -0.960. The standard InChI is InChI=1S/C21H17ClF2N2O3/c22-15-9-18(24)21(26-11-15)29-19-5-4-14(8-17(19)23)13-3-1-2-12(6-13)7-16(25)10-20(27)28/h1-6,8-9,11,16H,7,10,25H2,(H,27,28). The largest absolute Gasteiger partial charge is 0.481 e. The van der Waals surface area contributed by atoms with Gasteiger partial charge in [0.05, 0.1) is 11.4 Å². The van der Waals surface area contributed by atoms with Crippen LogP contribution in [0.25, 0.3) is 11.1 Å². The third-order valence-corrected chi connectivity index (χ3v) is 4.31. The molecule has 8 heteroatoms. The van der Waals surface area contributed by atoms with E-state index in [4.69, 9.17) is 27.2 Å². The maximum absolute atomic E-state index is 14.5. The highest BCUT2D eigenvalue weighted by Crippen LogP contribution is 2.30. The number of carboxylic acid groups (broad SMARTS) is 1. The molecule has 150 valence electrons. The normalized spacial score (nSPS) is 11.9. The number of aromatic nitrogens is 1. The lowest BCUT2D eigenvalue weighted by Gasteiger charge is -2.11. The lowest BCUT2D eigenvalue weighted by atomic mass is 9.98. The van der Waals surface area contributed by atoms with Crippen molar-refractivity contribution in [2.24, 2.45) is 5.73 Å². The SMILES string of the molecule is NC(CC(=O)O)Cc1cccc(-c2ccc(Oc3ncc(Cl)cc3F)c(F)c2)c1. The van der Waals surface area contributed by atoms with Crippen molar-refractivity contribution >= 4 is 17.6 Å². The van der Waals surface area contributed by atoms with Crippen molar-refractivity contribution in [3.05, 3.63) is 76.9 Å². The molecule has 0 aliphatic carbocycles. The zero-order chi connectivity index (χ0) is 21.0. The number of hydrogen-bond donors (Lipinski definition) is 2. The Balaban J connectivity index is 1.79. The van der Waals surface area contributed by atoms with Gasteiger partial charge in [0.2, 0.25) is 0 Å². The Kier molecular flexibility index (Phi) is 6.41. The minimum absolute atomic E-state index is 0.105. The molecular formula is C21H17ClF2N2O3. The monoisotopic (exact) mass is 418 g/mol. The van der Waals surface area contributed by atoms with E-state index in [1.807, 2.05) is 12.1 Å². The molecule has 3 aromatic rings. The fourth-order valence-corrected chi connectivity index (χ4v) is 2.97. The van der Waals surface area contributed by atoms with Crippen molar-refractivity contribution in [1.82, 2.24) is 4.98 Å². The molecule has 1 unspecified atom stereocenters. The molecule has 0 radical (unpaired) electrons. The summed E-state index contributed by atoms with van der Waals surface area (Å²) in [4.78, 5) is 14.5. The maximum Gasteiger partial charge on any atom is 0.304 e. The first kappa shape index (κ1) is 20.7. The lowest BCUT2D eigenvalue weighted by molar-refractivity contribution is -0.137. The van der Waals surface area contributed by atoms with Gasteiger partial charge in [-0.15, -0.1) is 0 Å². The van der Waals surface area contributed by atoms with E-state index < -0.39 is 23.6 Å². The average Bonchev–Trinajstić information content (AvgIpc) is 2.65. The smallest absolute Gasteiger partial charge is 0.304 e. The first-order valence-corrected chi connectivity index (χ1v) is 9.05. The van der Waals surface area contributed by atoms with Crippen LogP contribution in [0.15, 0.2) is 54.7 Å². The fourth-order valence-electron chi connectivity index (χ4n) is 2.82. The van der Waals surface area contributed by atoms with Crippen LogP contribution in [-0.2, 0) is 11.2 Å². The van der Waals surface area contributed by atoms with Crippen LogP contribution >= 0.6 is 11.6 Å². The van der Waals surface area contributed by atoms with Crippen LogP contribution in [-0.4, -0.2) is 22.1 Å². The zero-order valence-electron chi connectivity index (χ0n) is 15.1. The number of carbonyl (C=O) groups is 1. The van der Waals surface area contributed by atoms with E-state index in [1.54, 1.807) is 18.2 Å². The summed E-state index contributed by atoms with van der Waals surface area (Å²) in [5.74, 6) is -3.01. The summed E-state index contributed by atoms with van der Waals surface area (Å²) < 4.78 is 33.5. The maximum atomic E-state index is 14.5. The molecule has 0 saturated carbocycles. The van der Waals surface area contributed by atoms with Crippen molar-refractivity contribution in [2.75, 3.05) is 0 Å². The van der Waals surface area contributed by atoms with E-state index >= 15 is 0 Å². The number of carboxylic acids is 1. The second-order valence-electron chi connectivity index (χ2n) is 6.45. The molecule has 2 aromatic carbocycles. The van der Waals surface area contributed by atoms with Gasteiger partial charge >= 0.3 is 5.97 Å². The highest BCUT2D eigenvalue weighted by Gasteiger charge is 2.13. The van der Waals surface area contributed by atoms with Crippen molar-refractivity contribution in [3.63, 3.8) is 0 Å². The van der Waals surface area contributed by atoms with Gasteiger partial charge in [-0.25, -0.2) is 13.8 Å². The van der Waals surface area contributed by atoms with E-state index in [2.05, 4.69) is 4.98 Å². The van der Waals surface area contributed by atoms with Gasteiger partial charge in [-0.1, -0.05) is 41.9 Å². The van der Waals surface area contributed by atoms with E-state index in [1.165, 1.54) is 18.3 Å². The number of pyridine rings is 1. The summed E-state index contributed by atoms with van der Waals surface area (Å²) in [5.41, 5.74) is 7.97. The number of aliphatic carboxylic acids is 1. The van der Waals surface area contributed by atoms with Gasteiger partial charge < -0.3 is 15.6 Å². The molecule has 0 aliphatic rings. The van der Waals surface area contributed by atoms with E-state index in [0.29, 0.717) is 12.0 Å². The van der Waals surface area contributed by atoms with Crippen LogP contribution in [0.1, 0.15) is 12.0 Å². The molecule has 3 N–H and O–H groups in total. The summed E-state index contributed by atoms with van der Waals surface area (Å²) >= 11 is 5.64. The Bertz CT molecular complexity index is 1050. The van der Waals surface area contributed by atoms with Gasteiger partial charge in [0.15, 0.2) is 17.4 Å². The number of rotatable bonds is 7. The van der Waals surface area contributed by atoms with Crippen LogP contribution in [0, 0.1) is 11.6 Å². The summed E-state index contributed by atoms with van der Waals surface area (Å²) in [6.07, 6.45) is 1.44. The first-order chi connectivity index (χ1) is 13.8. The number of benzene rings is 2. The van der Waals surface area contributed by atoms with E-state index in [9.17, 15) is 13.6 Å². The molecule has 0 spiro atoms. The molecule has 0 saturated heterocycles. The van der Waals surface area contributed by atoms with Crippen LogP contribution in [0.2, 0.25) is 5.02 Å². The highest BCUT2D eigenvalue weighted by atomic mass is 35.5. The van der Waals surface area contributed by atoms with Crippen molar-refractivity contribution in [1.29, 1.82) is 0 Å². The summed E-state index contributed by atoms with van der Waals surface area (Å²) in [6.45, 7) is 0. The molecule has 1 atom stereocenters. The lowest BCUT2D eigenvalue weighted by Crippen LogP contribution is -2.26. The highest BCUT2D eigenvalue weighted by molar-refractivity contribution is 6.30. The molecule has 1 aromatic heterocycles. The first-order valence-electron chi connectivity index (χ1n) is 8.67. The van der Waals surface area contributed by atoms with Crippen molar-refractivity contribution < 1.29 is 23.4 Å². The third kappa shape index (κ3) is 5.49. The van der Waals surface area contributed by atoms with Crippen LogP contribution in [0.3, 0.4) is 0 Å². The summed E-state index contributed by atoms with van der Waals surface area (Å²) in [6, 6.07) is 12.0. The van der Waals surface area contributed by atoms with E-state index in [-0.39, 0.29) is 23.1 Å². The molecule has 0 aliphatic heterocycles. The fraction of sp³-hybridized carbons (Fsp3) is 0.143. The Morgan fingerprint density at radius 1 is 1.14 bits per heavy atom.